The maximum absolute atomic E-state index is 13.1. The monoisotopic (exact) mass is 401 g/mol. The third-order valence-corrected chi connectivity index (χ3v) is 5.60. The summed E-state index contributed by atoms with van der Waals surface area (Å²) < 4.78 is 45.2. The van der Waals surface area contributed by atoms with Gasteiger partial charge >= 0.3 is 6.18 Å². The van der Waals surface area contributed by atoms with Crippen LogP contribution in [0.2, 0.25) is 0 Å². The van der Waals surface area contributed by atoms with Crippen LogP contribution in [0, 0.1) is 23.2 Å². The van der Waals surface area contributed by atoms with Crippen LogP contribution < -0.4 is 4.74 Å². The largest absolute Gasteiger partial charge is 0.490 e. The SMILES string of the molecule is N#Cc1ccc(OC2CC3CN(C(=O)c4ccccn4)CC3C2)cc1C(F)(F)F. The van der Waals surface area contributed by atoms with E-state index >= 15 is 0 Å². The molecule has 2 heterocycles. The minimum Gasteiger partial charge on any atom is -0.490 e. The summed E-state index contributed by atoms with van der Waals surface area (Å²) in [5, 5.41) is 8.89. The first-order chi connectivity index (χ1) is 13.8. The van der Waals surface area contributed by atoms with Gasteiger partial charge in [-0.05, 0) is 55.0 Å². The Hall–Kier alpha value is -3.08. The number of carbonyl (C=O) groups is 1. The highest BCUT2D eigenvalue weighted by atomic mass is 19.4. The molecule has 8 heteroatoms. The zero-order valence-corrected chi connectivity index (χ0v) is 15.4. The first-order valence-electron chi connectivity index (χ1n) is 9.33. The van der Waals surface area contributed by atoms with Gasteiger partial charge in [0.1, 0.15) is 11.4 Å². The summed E-state index contributed by atoms with van der Waals surface area (Å²) >= 11 is 0. The second-order valence-electron chi connectivity index (χ2n) is 7.47. The second kappa shape index (κ2) is 7.39. The van der Waals surface area contributed by atoms with Crippen molar-refractivity contribution in [2.45, 2.75) is 25.1 Å². The van der Waals surface area contributed by atoms with E-state index in [1.807, 2.05) is 0 Å². The van der Waals surface area contributed by atoms with Gasteiger partial charge in [-0.1, -0.05) is 6.07 Å². The van der Waals surface area contributed by atoms with Crippen molar-refractivity contribution in [2.75, 3.05) is 13.1 Å². The normalized spacial score (nSPS) is 23.5. The average molecular weight is 401 g/mol. The number of fused-ring (bicyclic) bond motifs is 1. The summed E-state index contributed by atoms with van der Waals surface area (Å²) in [6.45, 7) is 1.20. The maximum atomic E-state index is 13.1. The van der Waals surface area contributed by atoms with Crippen LogP contribution in [0.25, 0.3) is 0 Å². The number of benzene rings is 1. The van der Waals surface area contributed by atoms with Crippen molar-refractivity contribution in [1.29, 1.82) is 5.26 Å². The van der Waals surface area contributed by atoms with Gasteiger partial charge in [-0.25, -0.2) is 0 Å². The van der Waals surface area contributed by atoms with Crippen LogP contribution in [0.3, 0.4) is 0 Å². The fourth-order valence-electron chi connectivity index (χ4n) is 4.28. The van der Waals surface area contributed by atoms with Gasteiger partial charge in [-0.2, -0.15) is 18.4 Å². The molecule has 1 aromatic carbocycles. The van der Waals surface area contributed by atoms with Gasteiger partial charge in [0.05, 0.1) is 23.3 Å². The molecule has 4 rings (SSSR count). The summed E-state index contributed by atoms with van der Waals surface area (Å²) in [6.07, 6.45) is -1.87. The molecule has 0 radical (unpaired) electrons. The fraction of sp³-hybridized carbons (Fsp3) is 0.381. The molecule has 1 saturated heterocycles. The Kier molecular flexibility index (Phi) is 4.91. The number of rotatable bonds is 3. The summed E-state index contributed by atoms with van der Waals surface area (Å²) in [5.74, 6) is 0.531. The molecule has 2 unspecified atom stereocenters. The first-order valence-corrected chi connectivity index (χ1v) is 9.33. The standard InChI is InChI=1S/C21H18F3N3O2/c22-21(23,24)18-9-16(5-4-13(18)10-25)29-17-7-14-11-27(12-15(14)8-17)20(28)19-3-1-2-6-26-19/h1-6,9,14-15,17H,7-8,11-12H2. The predicted molar refractivity (Wildman–Crippen MR) is 96.9 cm³/mol. The van der Waals surface area contributed by atoms with Gasteiger partial charge in [0.25, 0.3) is 5.91 Å². The van der Waals surface area contributed by atoms with E-state index in [1.165, 1.54) is 6.07 Å². The number of hydrogen-bond donors (Lipinski definition) is 0. The number of nitrogens with zero attached hydrogens (tertiary/aromatic N) is 3. The molecule has 1 aliphatic carbocycles. The lowest BCUT2D eigenvalue weighted by Gasteiger charge is -2.20. The summed E-state index contributed by atoms with van der Waals surface area (Å²) in [7, 11) is 0. The molecule has 29 heavy (non-hydrogen) atoms. The molecule has 1 saturated carbocycles. The number of likely N-dealkylation sites (tertiary alicyclic amines) is 1. The van der Waals surface area contributed by atoms with Crippen molar-refractivity contribution in [1.82, 2.24) is 9.88 Å². The van der Waals surface area contributed by atoms with E-state index in [4.69, 9.17) is 10.00 Å². The maximum Gasteiger partial charge on any atom is 0.417 e. The molecule has 2 fully saturated rings. The number of nitriles is 1. The number of aromatic nitrogens is 1. The smallest absolute Gasteiger partial charge is 0.417 e. The fourth-order valence-corrected chi connectivity index (χ4v) is 4.28. The molecule has 5 nitrogen and oxygen atoms in total. The van der Waals surface area contributed by atoms with Crippen molar-refractivity contribution < 1.29 is 22.7 Å². The lowest BCUT2D eigenvalue weighted by atomic mass is 10.0. The average Bonchev–Trinajstić information content (AvgIpc) is 3.26. The van der Waals surface area contributed by atoms with Crippen LogP contribution in [0.4, 0.5) is 13.2 Å². The summed E-state index contributed by atoms with van der Waals surface area (Å²) in [4.78, 5) is 18.4. The van der Waals surface area contributed by atoms with Crippen molar-refractivity contribution in [3.63, 3.8) is 0 Å². The van der Waals surface area contributed by atoms with E-state index in [1.54, 1.807) is 35.4 Å². The third-order valence-electron chi connectivity index (χ3n) is 5.60. The predicted octanol–water partition coefficient (Wildman–Crippen LogP) is 3.90. The molecule has 2 atom stereocenters. The second-order valence-corrected chi connectivity index (χ2v) is 7.47. The minimum absolute atomic E-state index is 0.0978. The van der Waals surface area contributed by atoms with Crippen molar-refractivity contribution in [3.8, 4) is 11.8 Å². The summed E-state index contributed by atoms with van der Waals surface area (Å²) in [5.41, 5.74) is -0.989. The Bertz CT molecular complexity index is 942. The van der Waals surface area contributed by atoms with Crippen molar-refractivity contribution in [2.24, 2.45) is 11.8 Å². The lowest BCUT2D eigenvalue weighted by Crippen LogP contribution is -2.31. The number of halogens is 3. The highest BCUT2D eigenvalue weighted by Crippen LogP contribution is 2.41. The van der Waals surface area contributed by atoms with Crippen molar-refractivity contribution in [3.05, 3.63) is 59.4 Å². The van der Waals surface area contributed by atoms with Crippen LogP contribution in [0.15, 0.2) is 42.6 Å². The molecule has 1 aliphatic heterocycles. The van der Waals surface area contributed by atoms with Crippen molar-refractivity contribution >= 4 is 5.91 Å². The number of amides is 1. The Morgan fingerprint density at radius 2 is 1.90 bits per heavy atom. The lowest BCUT2D eigenvalue weighted by molar-refractivity contribution is -0.137. The Morgan fingerprint density at radius 1 is 1.17 bits per heavy atom. The van der Waals surface area contributed by atoms with Gasteiger partial charge in [-0.3, -0.25) is 9.78 Å². The Labute approximate surface area is 165 Å². The highest BCUT2D eigenvalue weighted by Gasteiger charge is 2.43. The van der Waals surface area contributed by atoms with E-state index in [2.05, 4.69) is 4.98 Å². The van der Waals surface area contributed by atoms with Crippen LogP contribution in [-0.2, 0) is 6.18 Å². The number of ether oxygens (including phenoxy) is 1. The zero-order chi connectivity index (χ0) is 20.6. The minimum atomic E-state index is -4.61. The van der Waals surface area contributed by atoms with Crippen LogP contribution in [-0.4, -0.2) is 35.0 Å². The number of carbonyl (C=O) groups excluding carboxylic acids is 1. The van der Waals surface area contributed by atoms with E-state index in [-0.39, 0.29) is 29.6 Å². The van der Waals surface area contributed by atoms with E-state index < -0.39 is 17.3 Å². The zero-order valence-electron chi connectivity index (χ0n) is 15.4. The van der Waals surface area contributed by atoms with E-state index in [9.17, 15) is 18.0 Å². The van der Waals surface area contributed by atoms with Gasteiger partial charge in [-0.15, -0.1) is 0 Å². The van der Waals surface area contributed by atoms with E-state index in [0.29, 0.717) is 31.6 Å². The van der Waals surface area contributed by atoms with Crippen LogP contribution in [0.5, 0.6) is 5.75 Å². The molecular formula is C21H18F3N3O2. The summed E-state index contributed by atoms with van der Waals surface area (Å²) in [6, 6.07) is 10.2. The molecule has 2 aliphatic rings. The molecule has 2 aromatic rings. The Balaban J connectivity index is 1.39. The van der Waals surface area contributed by atoms with Gasteiger partial charge in [0.15, 0.2) is 0 Å². The molecule has 150 valence electrons. The number of hydrogen-bond acceptors (Lipinski definition) is 4. The van der Waals surface area contributed by atoms with E-state index in [0.717, 1.165) is 12.1 Å². The molecule has 0 bridgehead atoms. The van der Waals surface area contributed by atoms with Gasteiger partial charge in [0, 0.05) is 19.3 Å². The van der Waals surface area contributed by atoms with Crippen LogP contribution >= 0.6 is 0 Å². The van der Waals surface area contributed by atoms with Crippen LogP contribution in [0.1, 0.15) is 34.5 Å². The molecular weight excluding hydrogens is 383 g/mol. The van der Waals surface area contributed by atoms with Gasteiger partial charge in [0.2, 0.25) is 0 Å². The molecule has 0 spiro atoms. The van der Waals surface area contributed by atoms with Gasteiger partial charge < -0.3 is 9.64 Å². The molecule has 1 amide bonds. The first kappa shape index (κ1) is 19.2. The Morgan fingerprint density at radius 3 is 2.48 bits per heavy atom. The third kappa shape index (κ3) is 3.90. The quantitative estimate of drug-likeness (QED) is 0.782. The topological polar surface area (TPSA) is 66.2 Å². The number of alkyl halides is 3. The molecule has 1 aromatic heterocycles. The highest BCUT2D eigenvalue weighted by molar-refractivity contribution is 5.92. The number of pyridine rings is 1. The molecule has 0 N–H and O–H groups in total.